The summed E-state index contributed by atoms with van der Waals surface area (Å²) in [5.41, 5.74) is 1.15. The van der Waals surface area contributed by atoms with E-state index in [1.165, 1.54) is 6.26 Å². The van der Waals surface area contributed by atoms with Crippen LogP contribution < -0.4 is 0 Å². The fourth-order valence-electron chi connectivity index (χ4n) is 2.17. The zero-order valence-electron chi connectivity index (χ0n) is 11.6. The largest absolute Gasteiger partial charge is 0.396 e. The van der Waals surface area contributed by atoms with Crippen LogP contribution >= 0.6 is 0 Å². The summed E-state index contributed by atoms with van der Waals surface area (Å²) in [7, 11) is -0.931. The van der Waals surface area contributed by atoms with Gasteiger partial charge in [-0.15, -0.1) is 0 Å². The third kappa shape index (κ3) is 6.18. The molecule has 1 N–H and O–H groups in total. The molecule has 1 unspecified atom stereocenters. The fourth-order valence-corrected chi connectivity index (χ4v) is 2.82. The Kier molecular flexibility index (Phi) is 6.48. The highest BCUT2D eigenvalue weighted by atomic mass is 32.2. The summed E-state index contributed by atoms with van der Waals surface area (Å²) in [4.78, 5) is 2.11. The molecule has 0 heterocycles. The number of hydrogen-bond donors (Lipinski definition) is 1. The number of aliphatic hydroxyl groups excluding tert-OH is 1. The van der Waals surface area contributed by atoms with Gasteiger partial charge in [-0.25, -0.2) is 8.42 Å². The van der Waals surface area contributed by atoms with E-state index >= 15 is 0 Å². The Morgan fingerprint density at radius 2 is 1.89 bits per heavy atom. The van der Waals surface area contributed by atoms with E-state index in [0.717, 1.165) is 5.56 Å². The van der Waals surface area contributed by atoms with E-state index in [2.05, 4.69) is 4.90 Å². The Morgan fingerprint density at radius 1 is 1.26 bits per heavy atom. The molecule has 0 radical (unpaired) electrons. The standard InChI is InChI=1S/C14H23NO3S/c1-15(10-6-12-19(2,17)18)14(9-11-16)13-7-4-3-5-8-13/h3-5,7-8,14,16H,6,9-12H2,1-2H3. The maximum Gasteiger partial charge on any atom is 0.147 e. The van der Waals surface area contributed by atoms with Crippen LogP contribution in [0.5, 0.6) is 0 Å². The van der Waals surface area contributed by atoms with Crippen LogP contribution in [0.4, 0.5) is 0 Å². The lowest BCUT2D eigenvalue weighted by Crippen LogP contribution is -2.27. The van der Waals surface area contributed by atoms with Crippen molar-refractivity contribution < 1.29 is 13.5 Å². The van der Waals surface area contributed by atoms with Crippen LogP contribution in [0.2, 0.25) is 0 Å². The molecular formula is C14H23NO3S. The third-order valence-electron chi connectivity index (χ3n) is 3.14. The second kappa shape index (κ2) is 7.62. The van der Waals surface area contributed by atoms with Crippen molar-refractivity contribution in [1.29, 1.82) is 0 Å². The van der Waals surface area contributed by atoms with E-state index in [1.54, 1.807) is 0 Å². The van der Waals surface area contributed by atoms with Crippen molar-refractivity contribution in [3.63, 3.8) is 0 Å². The fraction of sp³-hybridized carbons (Fsp3) is 0.571. The van der Waals surface area contributed by atoms with Crippen molar-refractivity contribution in [1.82, 2.24) is 4.90 Å². The highest BCUT2D eigenvalue weighted by Gasteiger charge is 2.16. The zero-order valence-corrected chi connectivity index (χ0v) is 12.4. The van der Waals surface area contributed by atoms with Crippen LogP contribution in [0.1, 0.15) is 24.4 Å². The lowest BCUT2D eigenvalue weighted by molar-refractivity contribution is 0.186. The minimum absolute atomic E-state index is 0.121. The second-order valence-corrected chi connectivity index (χ2v) is 7.16. The molecule has 1 aromatic carbocycles. The van der Waals surface area contributed by atoms with Crippen LogP contribution in [0.25, 0.3) is 0 Å². The van der Waals surface area contributed by atoms with E-state index in [4.69, 9.17) is 0 Å². The predicted molar refractivity (Wildman–Crippen MR) is 77.8 cm³/mol. The number of nitrogens with zero attached hydrogens (tertiary/aromatic N) is 1. The van der Waals surface area contributed by atoms with Crippen molar-refractivity contribution >= 4 is 9.84 Å². The SMILES string of the molecule is CN(CCCS(C)(=O)=O)C(CCO)c1ccccc1. The van der Waals surface area contributed by atoms with Gasteiger partial charge < -0.3 is 5.11 Å². The van der Waals surface area contributed by atoms with Gasteiger partial charge in [-0.3, -0.25) is 4.90 Å². The smallest absolute Gasteiger partial charge is 0.147 e. The van der Waals surface area contributed by atoms with Gasteiger partial charge in [-0.1, -0.05) is 30.3 Å². The molecule has 1 rings (SSSR count). The molecule has 0 aliphatic carbocycles. The quantitative estimate of drug-likeness (QED) is 0.786. The molecule has 1 atom stereocenters. The second-order valence-electron chi connectivity index (χ2n) is 4.90. The monoisotopic (exact) mass is 285 g/mol. The van der Waals surface area contributed by atoms with E-state index in [1.807, 2.05) is 37.4 Å². The molecule has 1 aromatic rings. The summed E-state index contributed by atoms with van der Waals surface area (Å²) in [6.45, 7) is 0.822. The summed E-state index contributed by atoms with van der Waals surface area (Å²) < 4.78 is 22.2. The number of aliphatic hydroxyl groups is 1. The van der Waals surface area contributed by atoms with Crippen LogP contribution in [0.15, 0.2) is 30.3 Å². The van der Waals surface area contributed by atoms with E-state index in [9.17, 15) is 13.5 Å². The predicted octanol–water partition coefficient (Wildman–Crippen LogP) is 1.48. The van der Waals surface area contributed by atoms with Crippen molar-refractivity contribution in [3.8, 4) is 0 Å². The molecule has 0 aromatic heterocycles. The lowest BCUT2D eigenvalue weighted by atomic mass is 10.0. The number of benzene rings is 1. The van der Waals surface area contributed by atoms with Crippen LogP contribution in [-0.4, -0.2) is 50.6 Å². The van der Waals surface area contributed by atoms with Crippen molar-refractivity contribution in [3.05, 3.63) is 35.9 Å². The summed E-state index contributed by atoms with van der Waals surface area (Å²) >= 11 is 0. The molecule has 0 fully saturated rings. The first-order valence-electron chi connectivity index (χ1n) is 6.48. The molecule has 19 heavy (non-hydrogen) atoms. The Balaban J connectivity index is 2.61. The summed E-state index contributed by atoms with van der Waals surface area (Å²) in [6.07, 6.45) is 2.53. The van der Waals surface area contributed by atoms with Crippen LogP contribution in [0, 0.1) is 0 Å². The summed E-state index contributed by atoms with van der Waals surface area (Å²) in [5, 5.41) is 9.18. The molecule has 0 aliphatic rings. The molecule has 0 bridgehead atoms. The first-order chi connectivity index (χ1) is 8.94. The first kappa shape index (κ1) is 16.1. The molecule has 0 saturated heterocycles. The molecular weight excluding hydrogens is 262 g/mol. The van der Waals surface area contributed by atoms with E-state index < -0.39 is 9.84 Å². The van der Waals surface area contributed by atoms with Gasteiger partial charge in [-0.05, 0) is 32.0 Å². The van der Waals surface area contributed by atoms with E-state index in [-0.39, 0.29) is 18.4 Å². The van der Waals surface area contributed by atoms with Crippen molar-refractivity contribution in [2.75, 3.05) is 32.2 Å². The van der Waals surface area contributed by atoms with Crippen molar-refractivity contribution in [2.24, 2.45) is 0 Å². The molecule has 4 nitrogen and oxygen atoms in total. The maximum atomic E-state index is 11.1. The van der Waals surface area contributed by atoms with Gasteiger partial charge in [0.25, 0.3) is 0 Å². The summed E-state index contributed by atoms with van der Waals surface area (Å²) in [6, 6.07) is 10.1. The van der Waals surface area contributed by atoms with Gasteiger partial charge in [0.15, 0.2) is 0 Å². The van der Waals surface area contributed by atoms with Gasteiger partial charge in [0.1, 0.15) is 9.84 Å². The van der Waals surface area contributed by atoms with Gasteiger partial charge in [0.2, 0.25) is 0 Å². The van der Waals surface area contributed by atoms with Crippen LogP contribution in [-0.2, 0) is 9.84 Å². The Labute approximate surface area is 116 Å². The maximum absolute atomic E-state index is 11.1. The van der Waals surface area contributed by atoms with Gasteiger partial charge >= 0.3 is 0 Å². The van der Waals surface area contributed by atoms with Gasteiger partial charge in [-0.2, -0.15) is 0 Å². The zero-order chi connectivity index (χ0) is 14.3. The molecule has 0 saturated carbocycles. The highest BCUT2D eigenvalue weighted by molar-refractivity contribution is 7.90. The average Bonchev–Trinajstić information content (AvgIpc) is 2.35. The Bertz CT molecular complexity index is 459. The topological polar surface area (TPSA) is 57.6 Å². The van der Waals surface area contributed by atoms with Crippen LogP contribution in [0.3, 0.4) is 0 Å². The van der Waals surface area contributed by atoms with Gasteiger partial charge in [0, 0.05) is 18.9 Å². The lowest BCUT2D eigenvalue weighted by Gasteiger charge is -2.28. The Hall–Kier alpha value is -0.910. The normalized spacial score (nSPS) is 13.7. The molecule has 0 spiro atoms. The minimum Gasteiger partial charge on any atom is -0.396 e. The van der Waals surface area contributed by atoms with Crippen molar-refractivity contribution in [2.45, 2.75) is 18.9 Å². The Morgan fingerprint density at radius 3 is 2.42 bits per heavy atom. The first-order valence-corrected chi connectivity index (χ1v) is 8.54. The summed E-state index contributed by atoms with van der Waals surface area (Å²) in [5.74, 6) is 0.206. The van der Waals surface area contributed by atoms with E-state index in [0.29, 0.717) is 19.4 Å². The third-order valence-corrected chi connectivity index (χ3v) is 4.18. The molecule has 0 aliphatic heterocycles. The minimum atomic E-state index is -2.90. The highest BCUT2D eigenvalue weighted by Crippen LogP contribution is 2.22. The molecule has 5 heteroatoms. The number of rotatable bonds is 8. The average molecular weight is 285 g/mol. The number of hydrogen-bond acceptors (Lipinski definition) is 4. The molecule has 108 valence electrons. The molecule has 0 amide bonds. The number of sulfone groups is 1. The van der Waals surface area contributed by atoms with Gasteiger partial charge in [0.05, 0.1) is 5.75 Å².